The van der Waals surface area contributed by atoms with Gasteiger partial charge in [0.25, 0.3) is 0 Å². The van der Waals surface area contributed by atoms with E-state index >= 15 is 0 Å². The van der Waals surface area contributed by atoms with E-state index in [2.05, 4.69) is 39.6 Å². The lowest BCUT2D eigenvalue weighted by Crippen LogP contribution is -2.00. The van der Waals surface area contributed by atoms with Gasteiger partial charge >= 0.3 is 0 Å². The average Bonchev–Trinajstić information content (AvgIpc) is 2.73. The number of nitrogens with zero attached hydrogens (tertiary/aromatic N) is 2. The van der Waals surface area contributed by atoms with Crippen LogP contribution in [0.1, 0.15) is 11.1 Å². The van der Waals surface area contributed by atoms with Crippen molar-refractivity contribution >= 4 is 21.6 Å². The molecule has 0 radical (unpaired) electrons. The second-order valence-corrected chi connectivity index (χ2v) is 4.76. The van der Waals surface area contributed by atoms with E-state index in [1.807, 2.05) is 36.0 Å². The van der Waals surface area contributed by atoms with Gasteiger partial charge in [-0.3, -0.25) is 0 Å². The lowest BCUT2D eigenvalue weighted by atomic mass is 10.2. The van der Waals surface area contributed by atoms with Gasteiger partial charge in [0.1, 0.15) is 6.07 Å². The first kappa shape index (κ1) is 11.7. The van der Waals surface area contributed by atoms with E-state index in [1.165, 1.54) is 5.56 Å². The highest BCUT2D eigenvalue weighted by Crippen LogP contribution is 2.20. The third-order valence-corrected chi connectivity index (χ3v) is 2.97. The summed E-state index contributed by atoms with van der Waals surface area (Å²) in [4.78, 5) is 0. The summed E-state index contributed by atoms with van der Waals surface area (Å²) >= 11 is 3.35. The quantitative estimate of drug-likeness (QED) is 0.942. The van der Waals surface area contributed by atoms with Crippen molar-refractivity contribution in [2.75, 3.05) is 5.32 Å². The maximum atomic E-state index is 9.03. The van der Waals surface area contributed by atoms with E-state index in [9.17, 15) is 0 Å². The number of halogens is 1. The lowest BCUT2D eigenvalue weighted by molar-refractivity contribution is 0.920. The smallest absolute Gasteiger partial charge is 0.101 e. The minimum Gasteiger partial charge on any atom is -0.380 e. The Hall–Kier alpha value is -1.73. The number of aryl methyl sites for hydroxylation is 1. The Bertz CT molecular complexity index is 566. The van der Waals surface area contributed by atoms with Crippen LogP contribution in [0.4, 0.5) is 5.69 Å². The zero-order valence-corrected chi connectivity index (χ0v) is 11.0. The van der Waals surface area contributed by atoms with Gasteiger partial charge in [-0.15, -0.1) is 0 Å². The maximum Gasteiger partial charge on any atom is 0.101 e. The number of anilines is 1. The molecule has 0 aliphatic heterocycles. The number of rotatable bonds is 3. The van der Waals surface area contributed by atoms with Gasteiger partial charge in [0.15, 0.2) is 0 Å². The number of nitriles is 1. The lowest BCUT2D eigenvalue weighted by Gasteiger charge is -2.07. The molecule has 0 aliphatic carbocycles. The van der Waals surface area contributed by atoms with Crippen LogP contribution < -0.4 is 5.32 Å². The topological polar surface area (TPSA) is 40.8 Å². The first-order chi connectivity index (χ1) is 8.19. The van der Waals surface area contributed by atoms with Crippen LogP contribution in [0.3, 0.4) is 0 Å². The highest BCUT2D eigenvalue weighted by atomic mass is 79.9. The number of benzene rings is 1. The molecule has 2 rings (SSSR count). The molecule has 0 unspecified atom stereocenters. The van der Waals surface area contributed by atoms with Gasteiger partial charge in [-0.05, 0) is 29.8 Å². The molecule has 0 saturated carbocycles. The van der Waals surface area contributed by atoms with E-state index in [0.717, 1.165) is 16.7 Å². The van der Waals surface area contributed by atoms with Crippen molar-refractivity contribution in [2.24, 2.45) is 7.05 Å². The average molecular weight is 290 g/mol. The van der Waals surface area contributed by atoms with Crippen LogP contribution in [0.5, 0.6) is 0 Å². The SMILES string of the molecule is Cn1ccc(CNc2ccc(Br)cc2C#N)c1. The molecule has 86 valence electrons. The molecule has 0 bridgehead atoms. The second kappa shape index (κ2) is 5.07. The van der Waals surface area contributed by atoms with E-state index in [0.29, 0.717) is 5.56 Å². The molecule has 0 spiro atoms. The Balaban J connectivity index is 2.12. The molecule has 2 aromatic rings. The fraction of sp³-hybridized carbons (Fsp3) is 0.154. The molecule has 0 fully saturated rings. The fourth-order valence-corrected chi connectivity index (χ4v) is 1.99. The van der Waals surface area contributed by atoms with Crippen LogP contribution in [-0.4, -0.2) is 4.57 Å². The first-order valence-corrected chi connectivity index (χ1v) is 6.03. The normalized spacial score (nSPS) is 9.94. The molecule has 0 amide bonds. The zero-order chi connectivity index (χ0) is 12.3. The van der Waals surface area contributed by atoms with Crippen molar-refractivity contribution < 1.29 is 0 Å². The van der Waals surface area contributed by atoms with E-state index in [1.54, 1.807) is 0 Å². The second-order valence-electron chi connectivity index (χ2n) is 3.84. The third-order valence-electron chi connectivity index (χ3n) is 2.48. The number of aromatic nitrogens is 1. The van der Waals surface area contributed by atoms with Gasteiger partial charge in [-0.1, -0.05) is 15.9 Å². The predicted octanol–water partition coefficient (Wildman–Crippen LogP) is 3.27. The zero-order valence-electron chi connectivity index (χ0n) is 9.44. The van der Waals surface area contributed by atoms with Crippen LogP contribution >= 0.6 is 15.9 Å². The van der Waals surface area contributed by atoms with Gasteiger partial charge in [-0.2, -0.15) is 5.26 Å². The summed E-state index contributed by atoms with van der Waals surface area (Å²) in [7, 11) is 1.99. The Morgan fingerprint density at radius 1 is 1.41 bits per heavy atom. The summed E-state index contributed by atoms with van der Waals surface area (Å²) in [5.74, 6) is 0. The van der Waals surface area contributed by atoms with Crippen molar-refractivity contribution in [3.05, 3.63) is 52.3 Å². The molecule has 0 aliphatic rings. The summed E-state index contributed by atoms with van der Waals surface area (Å²) < 4.78 is 2.92. The monoisotopic (exact) mass is 289 g/mol. The minimum atomic E-state index is 0.648. The van der Waals surface area contributed by atoms with Gasteiger partial charge in [0.2, 0.25) is 0 Å². The minimum absolute atomic E-state index is 0.648. The summed E-state index contributed by atoms with van der Waals surface area (Å²) in [6.45, 7) is 0.719. The first-order valence-electron chi connectivity index (χ1n) is 5.23. The van der Waals surface area contributed by atoms with Crippen LogP contribution in [0.25, 0.3) is 0 Å². The van der Waals surface area contributed by atoms with E-state index < -0.39 is 0 Å². The van der Waals surface area contributed by atoms with Crippen molar-refractivity contribution in [1.29, 1.82) is 5.26 Å². The van der Waals surface area contributed by atoms with Crippen molar-refractivity contribution in [3.63, 3.8) is 0 Å². The van der Waals surface area contributed by atoms with Gasteiger partial charge < -0.3 is 9.88 Å². The van der Waals surface area contributed by atoms with Crippen LogP contribution in [-0.2, 0) is 13.6 Å². The van der Waals surface area contributed by atoms with Crippen molar-refractivity contribution in [1.82, 2.24) is 4.57 Å². The summed E-state index contributed by atoms with van der Waals surface area (Å²) in [5.41, 5.74) is 2.70. The summed E-state index contributed by atoms with van der Waals surface area (Å²) in [6.07, 6.45) is 4.06. The van der Waals surface area contributed by atoms with E-state index in [-0.39, 0.29) is 0 Å². The molecular weight excluding hydrogens is 278 g/mol. The molecule has 3 nitrogen and oxygen atoms in total. The molecule has 1 aromatic carbocycles. The molecule has 17 heavy (non-hydrogen) atoms. The summed E-state index contributed by atoms with van der Waals surface area (Å²) in [5, 5.41) is 12.3. The largest absolute Gasteiger partial charge is 0.380 e. The number of nitrogens with one attached hydrogen (secondary N) is 1. The van der Waals surface area contributed by atoms with Crippen molar-refractivity contribution in [3.8, 4) is 6.07 Å². The van der Waals surface area contributed by atoms with Gasteiger partial charge in [-0.25, -0.2) is 0 Å². The number of hydrogen-bond acceptors (Lipinski definition) is 2. The Morgan fingerprint density at radius 2 is 2.24 bits per heavy atom. The molecule has 1 N–H and O–H groups in total. The standard InChI is InChI=1S/C13H12BrN3/c1-17-5-4-10(9-17)8-16-13-3-2-12(14)6-11(13)7-15/h2-6,9,16H,8H2,1H3. The highest BCUT2D eigenvalue weighted by Gasteiger charge is 2.02. The molecule has 4 heteroatoms. The van der Waals surface area contributed by atoms with Crippen LogP contribution in [0.2, 0.25) is 0 Å². The Kier molecular flexibility index (Phi) is 3.50. The molecule has 1 aromatic heterocycles. The molecule has 1 heterocycles. The third kappa shape index (κ3) is 2.89. The van der Waals surface area contributed by atoms with Crippen LogP contribution in [0, 0.1) is 11.3 Å². The molecular formula is C13H12BrN3. The van der Waals surface area contributed by atoms with Crippen molar-refractivity contribution in [2.45, 2.75) is 6.54 Å². The fourth-order valence-electron chi connectivity index (χ4n) is 1.63. The Labute approximate surface area is 109 Å². The Morgan fingerprint density at radius 3 is 2.88 bits per heavy atom. The van der Waals surface area contributed by atoms with E-state index in [4.69, 9.17) is 5.26 Å². The summed E-state index contributed by atoms with van der Waals surface area (Å²) in [6, 6.07) is 9.88. The number of hydrogen-bond donors (Lipinski definition) is 1. The molecule has 0 saturated heterocycles. The highest BCUT2D eigenvalue weighted by molar-refractivity contribution is 9.10. The maximum absolute atomic E-state index is 9.03. The van der Waals surface area contributed by atoms with Gasteiger partial charge in [0, 0.05) is 30.5 Å². The van der Waals surface area contributed by atoms with Gasteiger partial charge in [0.05, 0.1) is 11.3 Å². The molecule has 0 atom stereocenters. The van der Waals surface area contributed by atoms with Crippen LogP contribution in [0.15, 0.2) is 41.1 Å². The predicted molar refractivity (Wildman–Crippen MR) is 71.6 cm³/mol.